The highest BCUT2D eigenvalue weighted by Crippen LogP contribution is 2.48. The van der Waals surface area contributed by atoms with Crippen molar-refractivity contribution in [3.63, 3.8) is 0 Å². The van der Waals surface area contributed by atoms with E-state index in [1.54, 1.807) is 0 Å². The molecule has 5 rings (SSSR count). The number of rotatable bonds is 5. The fraction of sp³-hybridized carbons (Fsp3) is 0.207. The summed E-state index contributed by atoms with van der Waals surface area (Å²) in [5, 5.41) is 91.1. The zero-order chi connectivity index (χ0) is 30.6. The maximum absolute atomic E-state index is 13.3. The molecule has 13 nitrogen and oxygen atoms in total. The molecule has 1 heterocycles. The minimum Gasteiger partial charge on any atom is -0.508 e. The van der Waals surface area contributed by atoms with Crippen molar-refractivity contribution in [1.82, 2.24) is 0 Å². The zero-order valence-electron chi connectivity index (χ0n) is 21.4. The molecule has 2 unspecified atom stereocenters. The van der Waals surface area contributed by atoms with E-state index in [0.29, 0.717) is 6.08 Å². The molecular weight excluding hydrogens is 556 g/mol. The highest BCUT2D eigenvalue weighted by atomic mass is 16.5. The lowest BCUT2D eigenvalue weighted by Crippen LogP contribution is -2.44. The summed E-state index contributed by atoms with van der Waals surface area (Å²) in [6.45, 7) is 0. The van der Waals surface area contributed by atoms with Crippen molar-refractivity contribution in [3.8, 4) is 34.5 Å². The Balaban J connectivity index is 1.62. The number of fused-ring (bicyclic) bond motifs is 2. The number of aliphatic carboxylic acids is 1. The summed E-state index contributed by atoms with van der Waals surface area (Å²) >= 11 is 0. The molecule has 42 heavy (non-hydrogen) atoms. The Hall–Kier alpha value is -5.59. The number of aromatic hydroxyl groups is 5. The fourth-order valence-corrected chi connectivity index (χ4v) is 5.58. The van der Waals surface area contributed by atoms with E-state index in [2.05, 4.69) is 0 Å². The summed E-state index contributed by atoms with van der Waals surface area (Å²) in [5.41, 5.74) is -0.993. The first-order valence-corrected chi connectivity index (χ1v) is 12.5. The molecule has 0 saturated heterocycles. The maximum atomic E-state index is 13.3. The van der Waals surface area contributed by atoms with E-state index in [4.69, 9.17) is 4.74 Å². The number of allylic oxidation sites excluding steroid dienone is 2. The van der Waals surface area contributed by atoms with Crippen LogP contribution in [-0.2, 0) is 16.0 Å². The monoisotopic (exact) mass is 580 g/mol. The van der Waals surface area contributed by atoms with Gasteiger partial charge in [0.15, 0.2) is 40.3 Å². The number of ketones is 2. The van der Waals surface area contributed by atoms with Gasteiger partial charge in [0.05, 0.1) is 11.1 Å². The van der Waals surface area contributed by atoms with Crippen LogP contribution in [0.4, 0.5) is 0 Å². The summed E-state index contributed by atoms with van der Waals surface area (Å²) in [4.78, 5) is 38.2. The number of phenols is 5. The normalized spacial score (nSPS) is 23.4. The molecule has 13 heteroatoms. The third-order valence-corrected chi connectivity index (χ3v) is 7.55. The Labute approximate surface area is 236 Å². The maximum Gasteiger partial charge on any atom is 0.335 e. The van der Waals surface area contributed by atoms with Crippen molar-refractivity contribution in [1.29, 1.82) is 0 Å². The van der Waals surface area contributed by atoms with E-state index in [1.165, 1.54) is 6.07 Å². The van der Waals surface area contributed by atoms with Gasteiger partial charge in [-0.15, -0.1) is 0 Å². The van der Waals surface area contributed by atoms with Gasteiger partial charge in [0.2, 0.25) is 5.78 Å². The molecule has 3 aliphatic rings. The van der Waals surface area contributed by atoms with Crippen LogP contribution in [0.5, 0.6) is 34.5 Å². The molecule has 1 aliphatic heterocycles. The number of carbonyl (C=O) groups excluding carboxylic acids is 2. The lowest BCUT2D eigenvalue weighted by atomic mass is 9.70. The number of hydrogen-bond acceptors (Lipinski definition) is 12. The third kappa shape index (κ3) is 4.70. The molecule has 0 radical (unpaired) electrons. The molecule has 0 saturated carbocycles. The molecule has 0 fully saturated rings. The topological polar surface area (TPSA) is 243 Å². The van der Waals surface area contributed by atoms with E-state index in [9.17, 15) is 60.3 Å². The van der Waals surface area contributed by atoms with Gasteiger partial charge in [-0.25, -0.2) is 4.79 Å². The summed E-state index contributed by atoms with van der Waals surface area (Å²) in [6, 6.07) is 4.12. The van der Waals surface area contributed by atoms with Gasteiger partial charge in [-0.3, -0.25) is 9.59 Å². The minimum atomic E-state index is -1.50. The SMILES string of the molecule is O=C(O)C1=CC2C(=C(O)C(O)=CC2[C@H]2Oc3cc(O)cc(O)c3C[C@H]2CC(=O)c2cc(O)c(O)c(O)c2)C(=O)C(O)=C1. The first-order valence-electron chi connectivity index (χ1n) is 12.5. The van der Waals surface area contributed by atoms with Gasteiger partial charge in [-0.05, 0) is 30.7 Å². The second-order valence-corrected chi connectivity index (χ2v) is 10.2. The first-order chi connectivity index (χ1) is 19.8. The molecule has 9 N–H and O–H groups in total. The highest BCUT2D eigenvalue weighted by Gasteiger charge is 2.47. The number of Topliss-reactive ketones (excluding diaryl/α,β-unsaturated/α-hetero) is 2. The summed E-state index contributed by atoms with van der Waals surface area (Å²) < 4.78 is 6.14. The molecule has 0 amide bonds. The lowest BCUT2D eigenvalue weighted by Gasteiger charge is -2.41. The van der Waals surface area contributed by atoms with Crippen LogP contribution in [0.1, 0.15) is 22.3 Å². The van der Waals surface area contributed by atoms with Gasteiger partial charge in [-0.2, -0.15) is 0 Å². The van der Waals surface area contributed by atoms with Crippen LogP contribution in [0, 0.1) is 17.8 Å². The van der Waals surface area contributed by atoms with E-state index < -0.39 is 87.1 Å². The number of phenolic OH excluding ortho intramolecular Hbond substituents is 5. The minimum absolute atomic E-state index is 0.00213. The number of carbonyl (C=O) groups is 3. The van der Waals surface area contributed by atoms with Crippen molar-refractivity contribution >= 4 is 17.5 Å². The largest absolute Gasteiger partial charge is 0.508 e. The van der Waals surface area contributed by atoms with Gasteiger partial charge in [0, 0.05) is 47.4 Å². The van der Waals surface area contributed by atoms with Gasteiger partial charge in [-0.1, -0.05) is 6.08 Å². The first kappa shape index (κ1) is 28.0. The summed E-state index contributed by atoms with van der Waals surface area (Å²) in [6.07, 6.45) is 1.28. The predicted molar refractivity (Wildman–Crippen MR) is 141 cm³/mol. The molecular formula is C29H24O13. The van der Waals surface area contributed by atoms with Crippen LogP contribution in [0.2, 0.25) is 0 Å². The van der Waals surface area contributed by atoms with Crippen LogP contribution in [0.25, 0.3) is 0 Å². The van der Waals surface area contributed by atoms with Gasteiger partial charge >= 0.3 is 5.97 Å². The van der Waals surface area contributed by atoms with Crippen molar-refractivity contribution in [2.45, 2.75) is 18.9 Å². The number of carboxylic acids is 1. The van der Waals surface area contributed by atoms with Crippen molar-refractivity contribution < 1.29 is 65.1 Å². The fourth-order valence-electron chi connectivity index (χ4n) is 5.58. The third-order valence-electron chi connectivity index (χ3n) is 7.55. The molecule has 0 spiro atoms. The second kappa shape index (κ2) is 10.1. The van der Waals surface area contributed by atoms with E-state index in [0.717, 1.165) is 30.4 Å². The molecule has 2 aromatic rings. The van der Waals surface area contributed by atoms with Crippen LogP contribution < -0.4 is 4.74 Å². The smallest absolute Gasteiger partial charge is 0.335 e. The Kier molecular flexibility index (Phi) is 6.73. The molecule has 4 atom stereocenters. The average molecular weight is 580 g/mol. The molecule has 0 bridgehead atoms. The molecule has 2 aromatic carbocycles. The number of benzene rings is 2. The molecule has 2 aliphatic carbocycles. The zero-order valence-corrected chi connectivity index (χ0v) is 21.4. The Bertz CT molecular complexity index is 1650. The van der Waals surface area contributed by atoms with Crippen LogP contribution in [0.3, 0.4) is 0 Å². The Morgan fingerprint density at radius 2 is 1.52 bits per heavy atom. The Morgan fingerprint density at radius 3 is 2.17 bits per heavy atom. The van der Waals surface area contributed by atoms with Crippen LogP contribution >= 0.6 is 0 Å². The molecule has 0 aromatic heterocycles. The average Bonchev–Trinajstić information content (AvgIpc) is 3.05. The van der Waals surface area contributed by atoms with Crippen LogP contribution in [-0.4, -0.2) is 69.6 Å². The standard InChI is InChI=1S/C29H24O13/c30-13-7-18(32)16-1-11(5-17(31)10-3-19(33)25(37)20(34)4-10)28(42-23(16)8-13)15-9-22(36)27(39)24-14(15)2-12(29(40)41)6-21(35)26(24)38/h2-4,6-9,11,14-15,28,30,32-37,39H,1,5H2,(H,40,41)/t11-,14?,15?,28-/m0/s1. The Morgan fingerprint density at radius 1 is 0.857 bits per heavy atom. The van der Waals surface area contributed by atoms with Gasteiger partial charge < -0.3 is 50.7 Å². The van der Waals surface area contributed by atoms with E-state index >= 15 is 0 Å². The lowest BCUT2D eigenvalue weighted by molar-refractivity contribution is -0.132. The van der Waals surface area contributed by atoms with Crippen molar-refractivity contribution in [2.75, 3.05) is 0 Å². The van der Waals surface area contributed by atoms with Gasteiger partial charge in [0.25, 0.3) is 0 Å². The number of aliphatic hydroxyl groups excluding tert-OH is 3. The van der Waals surface area contributed by atoms with E-state index in [-0.39, 0.29) is 41.2 Å². The van der Waals surface area contributed by atoms with Crippen molar-refractivity contribution in [3.05, 3.63) is 82.0 Å². The predicted octanol–water partition coefficient (Wildman–Crippen LogP) is 2.94. The second-order valence-electron chi connectivity index (χ2n) is 10.2. The number of carboxylic acid groups (broad SMARTS) is 1. The van der Waals surface area contributed by atoms with Crippen molar-refractivity contribution in [2.24, 2.45) is 17.8 Å². The number of hydrogen-bond donors (Lipinski definition) is 9. The molecule has 218 valence electrons. The van der Waals surface area contributed by atoms with Crippen LogP contribution in [0.15, 0.2) is 70.9 Å². The number of ether oxygens (including phenoxy) is 1. The quantitative estimate of drug-likeness (QED) is 0.183. The summed E-state index contributed by atoms with van der Waals surface area (Å²) in [5.74, 6) is -12.4. The van der Waals surface area contributed by atoms with Gasteiger partial charge in [0.1, 0.15) is 23.4 Å². The number of aliphatic hydroxyl groups is 3. The highest BCUT2D eigenvalue weighted by molar-refractivity contribution is 6.10. The summed E-state index contributed by atoms with van der Waals surface area (Å²) in [7, 11) is 0. The van der Waals surface area contributed by atoms with E-state index in [1.807, 2.05) is 0 Å².